The molecule has 0 saturated carbocycles. The Hall–Kier alpha value is -4.33. The number of carbonyl (C=O) groups excluding carboxylic acids is 2. The Balaban J connectivity index is 1.54. The van der Waals surface area contributed by atoms with Gasteiger partial charge in [0, 0.05) is 12.1 Å². The summed E-state index contributed by atoms with van der Waals surface area (Å²) in [6, 6.07) is 15.8. The van der Waals surface area contributed by atoms with Gasteiger partial charge in [0.2, 0.25) is 5.43 Å². The molecule has 1 amide bonds. The molecule has 0 fully saturated rings. The molecule has 0 saturated heterocycles. The Labute approximate surface area is 201 Å². The molecule has 0 spiro atoms. The van der Waals surface area contributed by atoms with Gasteiger partial charge in [-0.15, -0.1) is 0 Å². The molecule has 8 nitrogen and oxygen atoms in total. The average molecular weight is 475 g/mol. The first-order valence-electron chi connectivity index (χ1n) is 11.1. The normalized spacial score (nSPS) is 12.0. The van der Waals surface area contributed by atoms with Gasteiger partial charge < -0.3 is 24.3 Å². The van der Waals surface area contributed by atoms with Gasteiger partial charge >= 0.3 is 12.1 Å². The fourth-order valence-corrected chi connectivity index (χ4v) is 3.72. The van der Waals surface area contributed by atoms with Crippen molar-refractivity contribution in [3.63, 3.8) is 0 Å². The highest BCUT2D eigenvalue weighted by Crippen LogP contribution is 2.31. The van der Waals surface area contributed by atoms with E-state index in [0.29, 0.717) is 11.0 Å². The topological polar surface area (TPSA) is 115 Å². The predicted octanol–water partition coefficient (Wildman–Crippen LogP) is 4.82. The van der Waals surface area contributed by atoms with Gasteiger partial charge in [-0.3, -0.25) is 4.79 Å². The summed E-state index contributed by atoms with van der Waals surface area (Å²) in [5.74, 6) is -1.47. The van der Waals surface area contributed by atoms with Crippen molar-refractivity contribution < 1.29 is 28.6 Å². The lowest BCUT2D eigenvalue weighted by molar-refractivity contribution is -0.137. The number of para-hydroxylation sites is 1. The highest BCUT2D eigenvalue weighted by atomic mass is 16.6. The number of benzene rings is 3. The number of carbonyl (C=O) groups is 2. The molecule has 8 heteroatoms. The Kier molecular flexibility index (Phi) is 6.73. The molecular formula is C27H25NO7. The zero-order chi connectivity index (χ0) is 25.1. The van der Waals surface area contributed by atoms with Gasteiger partial charge in [0.05, 0.1) is 5.39 Å². The number of esters is 1. The number of rotatable bonds is 6. The van der Waals surface area contributed by atoms with Gasteiger partial charge in [0.1, 0.15) is 40.7 Å². The third kappa shape index (κ3) is 5.11. The number of alkyl carbamates (subject to hydrolysis) is 1. The van der Waals surface area contributed by atoms with E-state index >= 15 is 0 Å². The van der Waals surface area contributed by atoms with E-state index in [1.165, 1.54) is 12.1 Å². The SMILES string of the molecule is Cc1cccc2c(=O)c3c(O)cc(OC(=O)C(NC(=O)OCc4ccccc4)C(C)C)cc3oc12. The molecule has 0 aliphatic carbocycles. The summed E-state index contributed by atoms with van der Waals surface area (Å²) in [7, 11) is 0. The number of amides is 1. The monoisotopic (exact) mass is 475 g/mol. The molecule has 4 rings (SSSR count). The van der Waals surface area contributed by atoms with E-state index in [9.17, 15) is 19.5 Å². The van der Waals surface area contributed by atoms with Crippen LogP contribution >= 0.6 is 0 Å². The van der Waals surface area contributed by atoms with Gasteiger partial charge in [-0.2, -0.15) is 0 Å². The maximum Gasteiger partial charge on any atom is 0.408 e. The number of hydrogen-bond acceptors (Lipinski definition) is 7. The van der Waals surface area contributed by atoms with Crippen molar-refractivity contribution in [2.45, 2.75) is 33.4 Å². The minimum absolute atomic E-state index is 0.00840. The Bertz CT molecular complexity index is 1460. The van der Waals surface area contributed by atoms with E-state index in [2.05, 4.69) is 5.32 Å². The molecule has 1 aromatic heterocycles. The lowest BCUT2D eigenvalue weighted by atomic mass is 10.1. The predicted molar refractivity (Wildman–Crippen MR) is 130 cm³/mol. The van der Waals surface area contributed by atoms with E-state index in [1.807, 2.05) is 30.3 Å². The molecule has 0 bridgehead atoms. The largest absolute Gasteiger partial charge is 0.507 e. The Morgan fingerprint density at radius 2 is 1.80 bits per heavy atom. The van der Waals surface area contributed by atoms with E-state index in [4.69, 9.17) is 13.9 Å². The third-order valence-corrected chi connectivity index (χ3v) is 5.58. The maximum absolute atomic E-state index is 12.9. The molecule has 1 unspecified atom stereocenters. The number of nitrogens with one attached hydrogen (secondary N) is 1. The molecule has 0 aliphatic heterocycles. The van der Waals surface area contributed by atoms with Crippen molar-refractivity contribution in [3.05, 3.63) is 82.0 Å². The van der Waals surface area contributed by atoms with E-state index in [1.54, 1.807) is 39.0 Å². The Morgan fingerprint density at radius 3 is 2.51 bits per heavy atom. The molecule has 180 valence electrons. The number of ether oxygens (including phenoxy) is 2. The van der Waals surface area contributed by atoms with Crippen LogP contribution < -0.4 is 15.5 Å². The standard InChI is InChI=1S/C27H25NO7/c1-15(2)23(28-27(32)33-14-17-9-5-4-6-10-17)26(31)34-18-12-20(29)22-21(13-18)35-25-16(3)8-7-11-19(25)24(22)30/h4-13,15,23,29H,14H2,1-3H3,(H,28,32). The second kappa shape index (κ2) is 9.89. The summed E-state index contributed by atoms with van der Waals surface area (Å²) < 4.78 is 16.5. The zero-order valence-electron chi connectivity index (χ0n) is 19.5. The molecular weight excluding hydrogens is 450 g/mol. The molecule has 4 aromatic rings. The summed E-state index contributed by atoms with van der Waals surface area (Å²) in [4.78, 5) is 38.0. The van der Waals surface area contributed by atoms with Crippen molar-refractivity contribution in [2.75, 3.05) is 0 Å². The van der Waals surface area contributed by atoms with Gasteiger partial charge in [0.15, 0.2) is 0 Å². The van der Waals surface area contributed by atoms with Gasteiger partial charge in [0.25, 0.3) is 0 Å². The minimum atomic E-state index is -1.01. The first kappa shape index (κ1) is 23.8. The van der Waals surface area contributed by atoms with Crippen LogP contribution in [0.25, 0.3) is 21.9 Å². The van der Waals surface area contributed by atoms with Crippen molar-refractivity contribution in [3.8, 4) is 11.5 Å². The molecule has 35 heavy (non-hydrogen) atoms. The summed E-state index contributed by atoms with van der Waals surface area (Å²) in [6.07, 6.45) is -0.765. The quantitative estimate of drug-likeness (QED) is 0.233. The van der Waals surface area contributed by atoms with Crippen LogP contribution in [0, 0.1) is 12.8 Å². The van der Waals surface area contributed by atoms with Gasteiger partial charge in [-0.1, -0.05) is 56.3 Å². The fourth-order valence-electron chi connectivity index (χ4n) is 3.72. The van der Waals surface area contributed by atoms with Crippen LogP contribution in [-0.4, -0.2) is 23.2 Å². The minimum Gasteiger partial charge on any atom is -0.507 e. The summed E-state index contributed by atoms with van der Waals surface area (Å²) >= 11 is 0. The van der Waals surface area contributed by atoms with Gasteiger partial charge in [-0.25, -0.2) is 9.59 Å². The molecule has 0 radical (unpaired) electrons. The van der Waals surface area contributed by atoms with Crippen molar-refractivity contribution >= 4 is 34.0 Å². The van der Waals surface area contributed by atoms with Crippen LogP contribution in [0.15, 0.2) is 69.9 Å². The number of aryl methyl sites for hydroxylation is 1. The van der Waals surface area contributed by atoms with Crippen LogP contribution in [-0.2, 0) is 16.1 Å². The smallest absolute Gasteiger partial charge is 0.408 e. The van der Waals surface area contributed by atoms with Crippen LogP contribution in [0.1, 0.15) is 25.0 Å². The summed E-state index contributed by atoms with van der Waals surface area (Å²) in [6.45, 7) is 5.35. The second-order valence-corrected chi connectivity index (χ2v) is 8.55. The molecule has 1 atom stereocenters. The first-order chi connectivity index (χ1) is 16.7. The fraction of sp³-hybridized carbons (Fsp3) is 0.222. The zero-order valence-corrected chi connectivity index (χ0v) is 19.5. The van der Waals surface area contributed by atoms with Crippen molar-refractivity contribution in [1.82, 2.24) is 5.32 Å². The Morgan fingerprint density at radius 1 is 1.06 bits per heavy atom. The number of phenolic OH excluding ortho intramolecular Hbond substituents is 1. The molecule has 2 N–H and O–H groups in total. The first-order valence-corrected chi connectivity index (χ1v) is 11.1. The number of phenols is 1. The van der Waals surface area contributed by atoms with Crippen LogP contribution in [0.2, 0.25) is 0 Å². The highest BCUT2D eigenvalue weighted by molar-refractivity contribution is 5.95. The lowest BCUT2D eigenvalue weighted by Crippen LogP contribution is -2.46. The van der Waals surface area contributed by atoms with E-state index < -0.39 is 18.1 Å². The van der Waals surface area contributed by atoms with Crippen molar-refractivity contribution in [2.24, 2.45) is 5.92 Å². The maximum atomic E-state index is 12.9. The summed E-state index contributed by atoms with van der Waals surface area (Å²) in [5.41, 5.74) is 1.64. The third-order valence-electron chi connectivity index (χ3n) is 5.58. The number of fused-ring (bicyclic) bond motifs is 2. The lowest BCUT2D eigenvalue weighted by Gasteiger charge is -2.20. The van der Waals surface area contributed by atoms with Crippen LogP contribution in [0.5, 0.6) is 11.5 Å². The molecule has 3 aromatic carbocycles. The number of aromatic hydroxyl groups is 1. The van der Waals surface area contributed by atoms with E-state index in [0.717, 1.165) is 11.1 Å². The van der Waals surface area contributed by atoms with E-state index in [-0.39, 0.29) is 40.4 Å². The second-order valence-electron chi connectivity index (χ2n) is 8.55. The average Bonchev–Trinajstić information content (AvgIpc) is 2.82. The van der Waals surface area contributed by atoms with Crippen LogP contribution in [0.3, 0.4) is 0 Å². The van der Waals surface area contributed by atoms with Crippen molar-refractivity contribution in [1.29, 1.82) is 0 Å². The van der Waals surface area contributed by atoms with Gasteiger partial charge in [-0.05, 0) is 30.0 Å². The number of hydrogen-bond donors (Lipinski definition) is 2. The molecule has 1 heterocycles. The summed E-state index contributed by atoms with van der Waals surface area (Å²) in [5, 5.41) is 13.4. The van der Waals surface area contributed by atoms with Crippen LogP contribution in [0.4, 0.5) is 4.79 Å². The highest BCUT2D eigenvalue weighted by Gasteiger charge is 2.27. The molecule has 0 aliphatic rings.